The van der Waals surface area contributed by atoms with E-state index in [2.05, 4.69) is 37.2 Å². The number of aliphatic hydroxyl groups is 1. The van der Waals surface area contributed by atoms with E-state index in [1.54, 1.807) is 17.1 Å². The van der Waals surface area contributed by atoms with Crippen molar-refractivity contribution in [3.8, 4) is 0 Å². The number of fused-ring (bicyclic) bond motifs is 1. The molecule has 56 heavy (non-hydrogen) atoms. The van der Waals surface area contributed by atoms with Gasteiger partial charge in [-0.15, -0.1) is 13.2 Å². The van der Waals surface area contributed by atoms with Crippen LogP contribution in [0.3, 0.4) is 0 Å². The van der Waals surface area contributed by atoms with Gasteiger partial charge < -0.3 is 39.3 Å². The summed E-state index contributed by atoms with van der Waals surface area (Å²) < 4.78 is 18.6. The minimum atomic E-state index is -1.33. The third kappa shape index (κ3) is 8.57. The van der Waals surface area contributed by atoms with Gasteiger partial charge in [0.2, 0.25) is 11.8 Å². The number of nitrogens with zero attached hydrogens (tertiary/aromatic N) is 3. The molecule has 2 aromatic rings. The number of ether oxygens (including phenoxy) is 3. The molecule has 3 aliphatic rings. The van der Waals surface area contributed by atoms with E-state index in [-0.39, 0.29) is 43.9 Å². The highest BCUT2D eigenvalue weighted by atomic mass is 16.6. The van der Waals surface area contributed by atoms with Crippen LogP contribution in [0.15, 0.2) is 79.9 Å². The van der Waals surface area contributed by atoms with Crippen molar-refractivity contribution < 1.29 is 38.5 Å². The third-order valence-corrected chi connectivity index (χ3v) is 11.5. The summed E-state index contributed by atoms with van der Waals surface area (Å²) in [5, 5.41) is 13.8. The lowest BCUT2D eigenvalue weighted by Crippen LogP contribution is -2.59. The van der Waals surface area contributed by atoms with Gasteiger partial charge in [0.15, 0.2) is 0 Å². The third-order valence-electron chi connectivity index (χ3n) is 11.5. The molecule has 0 aliphatic carbocycles. The van der Waals surface area contributed by atoms with Gasteiger partial charge in [-0.3, -0.25) is 19.2 Å². The van der Waals surface area contributed by atoms with Gasteiger partial charge in [-0.25, -0.2) is 0 Å². The zero-order chi connectivity index (χ0) is 40.6. The Kier molecular flexibility index (Phi) is 14.5. The van der Waals surface area contributed by atoms with E-state index in [4.69, 9.17) is 14.2 Å². The van der Waals surface area contributed by atoms with Crippen molar-refractivity contribution in [3.05, 3.63) is 85.5 Å². The Morgan fingerprint density at radius 3 is 2.32 bits per heavy atom. The molecule has 0 saturated carbocycles. The lowest BCUT2D eigenvalue weighted by atomic mass is 9.70. The normalized spacial score (nSPS) is 24.0. The van der Waals surface area contributed by atoms with Gasteiger partial charge in [-0.2, -0.15) is 0 Å². The Hall–Kier alpha value is -4.52. The van der Waals surface area contributed by atoms with Gasteiger partial charge in [0, 0.05) is 44.5 Å². The Morgan fingerprint density at radius 1 is 1.05 bits per heavy atom. The molecule has 3 aliphatic heterocycles. The maximum Gasteiger partial charge on any atom is 0.313 e. The maximum atomic E-state index is 15.2. The van der Waals surface area contributed by atoms with Crippen LogP contribution in [-0.2, 0) is 33.4 Å². The van der Waals surface area contributed by atoms with E-state index in [1.165, 1.54) is 12.0 Å². The minimum absolute atomic E-state index is 0.0519. The fraction of sp³-hybridized carbons (Fsp3) is 0.545. The number of allylic oxidation sites excluding steroid dienone is 1. The summed E-state index contributed by atoms with van der Waals surface area (Å²) in [6.07, 6.45) is 3.60. The highest BCUT2D eigenvalue weighted by Crippen LogP contribution is 2.59. The Morgan fingerprint density at radius 2 is 1.73 bits per heavy atom. The molecule has 12 nitrogen and oxygen atoms in total. The summed E-state index contributed by atoms with van der Waals surface area (Å²) in [5.74, 6) is -3.64. The van der Waals surface area contributed by atoms with Crippen LogP contribution in [0, 0.1) is 17.8 Å². The van der Waals surface area contributed by atoms with Gasteiger partial charge in [-0.1, -0.05) is 56.3 Å². The number of likely N-dealkylation sites (tertiary alicyclic amines) is 1. The van der Waals surface area contributed by atoms with Crippen molar-refractivity contribution in [1.82, 2.24) is 10.2 Å². The molecule has 0 radical (unpaired) electrons. The van der Waals surface area contributed by atoms with E-state index in [1.807, 2.05) is 68.4 Å². The molecule has 3 amide bonds. The molecule has 2 N–H and O–H groups in total. The predicted molar refractivity (Wildman–Crippen MR) is 216 cm³/mol. The first-order chi connectivity index (χ1) is 27.0. The summed E-state index contributed by atoms with van der Waals surface area (Å²) in [4.78, 5) is 63.1. The Balaban J connectivity index is 1.53. The first-order valence-electron chi connectivity index (χ1n) is 20.0. The van der Waals surface area contributed by atoms with Crippen molar-refractivity contribution in [1.29, 1.82) is 0 Å². The van der Waals surface area contributed by atoms with Crippen LogP contribution in [0.2, 0.25) is 0 Å². The molecular formula is C44H60N4O8. The Labute approximate surface area is 331 Å². The average molecular weight is 773 g/mol. The van der Waals surface area contributed by atoms with Crippen molar-refractivity contribution in [3.63, 3.8) is 0 Å². The first kappa shape index (κ1) is 42.6. The van der Waals surface area contributed by atoms with Crippen LogP contribution in [0.5, 0.6) is 0 Å². The summed E-state index contributed by atoms with van der Waals surface area (Å²) in [7, 11) is 1.51. The maximum absolute atomic E-state index is 15.2. The molecule has 2 bridgehead atoms. The molecule has 3 saturated heterocycles. The zero-order valence-corrected chi connectivity index (χ0v) is 33.6. The van der Waals surface area contributed by atoms with E-state index >= 15 is 4.79 Å². The molecule has 2 aromatic carbocycles. The fourth-order valence-corrected chi connectivity index (χ4v) is 9.01. The van der Waals surface area contributed by atoms with Gasteiger partial charge in [0.25, 0.3) is 5.91 Å². The zero-order valence-electron chi connectivity index (χ0n) is 33.6. The number of amides is 3. The van der Waals surface area contributed by atoms with Crippen LogP contribution in [-0.4, -0.2) is 103 Å². The molecule has 0 aromatic heterocycles. The van der Waals surface area contributed by atoms with Crippen LogP contribution in [0.1, 0.15) is 71.5 Å². The largest absolute Gasteiger partial charge is 0.455 e. The second kappa shape index (κ2) is 19.1. The average Bonchev–Trinajstić information content (AvgIpc) is 3.85. The van der Waals surface area contributed by atoms with Crippen molar-refractivity contribution in [2.75, 3.05) is 49.8 Å². The molecule has 8 atom stereocenters. The van der Waals surface area contributed by atoms with E-state index in [0.717, 1.165) is 18.8 Å². The molecule has 5 rings (SSSR count). The van der Waals surface area contributed by atoms with Crippen molar-refractivity contribution in [2.24, 2.45) is 17.8 Å². The number of hydrogen-bond donors (Lipinski definition) is 2. The van der Waals surface area contributed by atoms with E-state index in [0.29, 0.717) is 36.9 Å². The number of anilines is 2. The Bertz CT molecular complexity index is 1680. The van der Waals surface area contributed by atoms with Gasteiger partial charge in [0.05, 0.1) is 43.2 Å². The first-order valence-corrected chi connectivity index (χ1v) is 20.0. The number of benzene rings is 2. The number of nitrogens with one attached hydrogen (secondary N) is 1. The monoisotopic (exact) mass is 772 g/mol. The molecule has 3 fully saturated rings. The highest BCUT2D eigenvalue weighted by Gasteiger charge is 2.75. The highest BCUT2D eigenvalue weighted by molar-refractivity contribution is 6.05. The van der Waals surface area contributed by atoms with Crippen LogP contribution in [0.4, 0.5) is 11.4 Å². The number of methoxy groups -OCH3 is 1. The lowest BCUT2D eigenvalue weighted by Gasteiger charge is -2.39. The second-order valence-electron chi connectivity index (χ2n) is 15.4. The van der Waals surface area contributed by atoms with Gasteiger partial charge >= 0.3 is 5.97 Å². The SMILES string of the molecule is C=CCCC(=O)N[C@H](COC)[C@H](OC(=O)[C@@H]1[C@H]2C(=O)N([C@@H](CO)CC(C)C)[C@H](C(=O)N(CC=C)c3ccc(N(CC)CC)cc3)[C@]23CC[C@H]1O3)c1ccccc1. The lowest BCUT2D eigenvalue weighted by molar-refractivity contribution is -0.163. The van der Waals surface area contributed by atoms with Crippen LogP contribution >= 0.6 is 0 Å². The quantitative estimate of drug-likeness (QED) is 0.129. The molecule has 304 valence electrons. The summed E-state index contributed by atoms with van der Waals surface area (Å²) in [6.45, 7) is 17.3. The molecule has 12 heteroatoms. The number of hydrogen-bond acceptors (Lipinski definition) is 9. The topological polar surface area (TPSA) is 138 Å². The van der Waals surface area contributed by atoms with Crippen LogP contribution in [0.25, 0.3) is 0 Å². The van der Waals surface area contributed by atoms with Gasteiger partial charge in [0.1, 0.15) is 17.7 Å². The number of rotatable bonds is 21. The van der Waals surface area contributed by atoms with Crippen molar-refractivity contribution in [2.45, 2.75) is 95.7 Å². The van der Waals surface area contributed by atoms with Gasteiger partial charge in [-0.05, 0) is 75.3 Å². The molecule has 0 unspecified atom stereocenters. The standard InChI is InChI=1S/C44H60N4O8/c1-8-12-18-36(50)45-34(28-54-7)39(30-16-14-13-15-17-30)55-43(53)37-35-23-24-44(56-35)38(37)41(51)48(33(27-49)26-29(5)6)40(44)42(52)47(25-9-2)32-21-19-31(20-22-32)46(10-3)11-4/h8-9,13-17,19-22,29,33-35,37-40,49H,1-2,10-12,18,23-28H2,3-7H3,(H,45,50)/t33-,34-,35-,37+,38+,39-,40-,44+/m1/s1. The number of carbonyl (C=O) groups is 4. The number of aliphatic hydroxyl groups excluding tert-OH is 1. The smallest absolute Gasteiger partial charge is 0.313 e. The molecular weight excluding hydrogens is 713 g/mol. The number of carbonyl (C=O) groups excluding carboxylic acids is 4. The summed E-state index contributed by atoms with van der Waals surface area (Å²) in [6, 6.07) is 14.3. The minimum Gasteiger partial charge on any atom is -0.455 e. The molecule has 3 heterocycles. The summed E-state index contributed by atoms with van der Waals surface area (Å²) >= 11 is 0. The summed E-state index contributed by atoms with van der Waals surface area (Å²) in [5.41, 5.74) is 0.967. The second-order valence-corrected chi connectivity index (χ2v) is 15.4. The fourth-order valence-electron chi connectivity index (χ4n) is 9.01. The molecule has 1 spiro atoms. The van der Waals surface area contributed by atoms with E-state index in [9.17, 15) is 19.5 Å². The van der Waals surface area contributed by atoms with Crippen LogP contribution < -0.4 is 15.1 Å². The van der Waals surface area contributed by atoms with Crippen molar-refractivity contribution >= 4 is 35.1 Å². The number of esters is 1. The van der Waals surface area contributed by atoms with E-state index < -0.39 is 59.6 Å². The predicted octanol–water partition coefficient (Wildman–Crippen LogP) is 5.22.